The Kier molecular flexibility index (Phi) is 3.57. The number of hydrogen-bond donors (Lipinski definition) is 1. The number of pyridine rings is 1. The number of rotatable bonds is 4. The Morgan fingerprint density at radius 2 is 2.11 bits per heavy atom. The summed E-state index contributed by atoms with van der Waals surface area (Å²) in [6.07, 6.45) is 1.42. The molecular weight excluding hydrogens is 232 g/mol. The second kappa shape index (κ2) is 5.14. The van der Waals surface area contributed by atoms with E-state index in [0.717, 1.165) is 5.56 Å². The van der Waals surface area contributed by atoms with E-state index >= 15 is 0 Å². The Balaban J connectivity index is 2.27. The van der Waals surface area contributed by atoms with Crippen LogP contribution in [0, 0.1) is 5.92 Å². The van der Waals surface area contributed by atoms with Gasteiger partial charge in [0.05, 0.1) is 5.56 Å². The minimum absolute atomic E-state index is 0.177. The molecule has 0 saturated carbocycles. The second-order valence-electron chi connectivity index (χ2n) is 4.33. The molecule has 1 atom stereocenters. The van der Waals surface area contributed by atoms with Crippen LogP contribution in [0.1, 0.15) is 25.8 Å². The van der Waals surface area contributed by atoms with Crippen molar-refractivity contribution in [2.24, 2.45) is 5.92 Å². The molecule has 6 nitrogen and oxygen atoms in total. The molecule has 2 N–H and O–H groups in total. The molecule has 0 aromatic carbocycles. The van der Waals surface area contributed by atoms with Crippen molar-refractivity contribution in [3.63, 3.8) is 0 Å². The molecule has 0 spiro atoms. The Morgan fingerprint density at radius 3 is 2.67 bits per heavy atom. The minimum atomic E-state index is -0.177. The van der Waals surface area contributed by atoms with Crippen molar-refractivity contribution >= 4 is 5.82 Å². The van der Waals surface area contributed by atoms with Crippen molar-refractivity contribution in [2.45, 2.75) is 20.0 Å². The molecule has 2 aromatic heterocycles. The largest absolute Gasteiger partial charge is 0.384 e. The van der Waals surface area contributed by atoms with Crippen LogP contribution in [0.2, 0.25) is 0 Å². The van der Waals surface area contributed by atoms with E-state index in [1.807, 2.05) is 13.8 Å². The quantitative estimate of drug-likeness (QED) is 0.891. The zero-order chi connectivity index (χ0) is 13.1. The zero-order valence-corrected chi connectivity index (χ0v) is 10.6. The molecule has 0 aliphatic carbocycles. The molecule has 1 unspecified atom stereocenters. The Labute approximate surface area is 105 Å². The van der Waals surface area contributed by atoms with E-state index in [1.54, 1.807) is 25.4 Å². The van der Waals surface area contributed by atoms with Crippen molar-refractivity contribution < 1.29 is 9.26 Å². The van der Waals surface area contributed by atoms with Gasteiger partial charge in [-0.05, 0) is 18.1 Å². The van der Waals surface area contributed by atoms with Gasteiger partial charge in [0.25, 0.3) is 5.89 Å². The summed E-state index contributed by atoms with van der Waals surface area (Å²) in [5, 5.41) is 3.94. The standard InChI is InChI=1S/C12H16N4O2/c1-7(2)10(17-3)11-15-12(18-16-11)8-4-5-9(13)14-6-8/h4-7,10H,1-3H3,(H2,13,14). The van der Waals surface area contributed by atoms with E-state index in [1.165, 1.54) is 0 Å². The number of ether oxygens (including phenoxy) is 1. The maximum atomic E-state index is 5.52. The number of nitrogens with two attached hydrogens (primary N) is 1. The summed E-state index contributed by atoms with van der Waals surface area (Å²) in [4.78, 5) is 8.30. The van der Waals surface area contributed by atoms with Gasteiger partial charge in [-0.1, -0.05) is 19.0 Å². The summed E-state index contributed by atoms with van der Waals surface area (Å²) >= 11 is 0. The first kappa shape index (κ1) is 12.5. The van der Waals surface area contributed by atoms with Crippen LogP contribution in [0.4, 0.5) is 5.82 Å². The Morgan fingerprint density at radius 1 is 1.33 bits per heavy atom. The Hall–Kier alpha value is -1.95. The molecule has 2 rings (SSSR count). The van der Waals surface area contributed by atoms with Crippen LogP contribution in [0.25, 0.3) is 11.5 Å². The van der Waals surface area contributed by atoms with Crippen LogP contribution < -0.4 is 5.73 Å². The van der Waals surface area contributed by atoms with E-state index < -0.39 is 0 Å². The van der Waals surface area contributed by atoms with Gasteiger partial charge >= 0.3 is 0 Å². The lowest BCUT2D eigenvalue weighted by Gasteiger charge is -2.14. The van der Waals surface area contributed by atoms with Crippen LogP contribution in [0.15, 0.2) is 22.9 Å². The third-order valence-electron chi connectivity index (χ3n) is 2.59. The lowest BCUT2D eigenvalue weighted by molar-refractivity contribution is 0.0556. The monoisotopic (exact) mass is 248 g/mol. The first-order valence-corrected chi connectivity index (χ1v) is 5.70. The molecule has 0 aliphatic heterocycles. The molecule has 2 aromatic rings. The normalized spacial score (nSPS) is 12.9. The predicted octanol–water partition coefficient (Wildman–Crippen LogP) is 2.06. The van der Waals surface area contributed by atoms with Crippen LogP contribution in [0.5, 0.6) is 0 Å². The zero-order valence-electron chi connectivity index (χ0n) is 10.6. The average Bonchev–Trinajstić information content (AvgIpc) is 2.80. The van der Waals surface area contributed by atoms with Gasteiger partial charge < -0.3 is 15.0 Å². The highest BCUT2D eigenvalue weighted by molar-refractivity contribution is 5.53. The smallest absolute Gasteiger partial charge is 0.259 e. The van der Waals surface area contributed by atoms with Gasteiger partial charge in [-0.2, -0.15) is 4.98 Å². The van der Waals surface area contributed by atoms with Gasteiger partial charge in [0.2, 0.25) is 5.82 Å². The minimum Gasteiger partial charge on any atom is -0.384 e. The lowest BCUT2D eigenvalue weighted by atomic mass is 10.1. The SMILES string of the molecule is COC(c1noc(-c2ccc(N)nc2)n1)C(C)C. The molecule has 0 bridgehead atoms. The third kappa shape index (κ3) is 2.48. The molecule has 6 heteroatoms. The fourth-order valence-electron chi connectivity index (χ4n) is 1.68. The fraction of sp³-hybridized carbons (Fsp3) is 0.417. The number of hydrogen-bond acceptors (Lipinski definition) is 6. The highest BCUT2D eigenvalue weighted by atomic mass is 16.5. The summed E-state index contributed by atoms with van der Waals surface area (Å²) in [5.41, 5.74) is 6.26. The first-order chi connectivity index (χ1) is 8.61. The number of nitrogen functional groups attached to an aromatic ring is 1. The van der Waals surface area contributed by atoms with Crippen molar-refractivity contribution in [3.8, 4) is 11.5 Å². The van der Waals surface area contributed by atoms with Gasteiger partial charge in [-0.15, -0.1) is 0 Å². The number of anilines is 1. The van der Waals surface area contributed by atoms with Crippen LogP contribution in [0.3, 0.4) is 0 Å². The van der Waals surface area contributed by atoms with Gasteiger partial charge in [0.15, 0.2) is 0 Å². The van der Waals surface area contributed by atoms with Crippen molar-refractivity contribution in [1.82, 2.24) is 15.1 Å². The van der Waals surface area contributed by atoms with E-state index in [-0.39, 0.29) is 12.0 Å². The molecular formula is C12H16N4O2. The Bertz CT molecular complexity index is 507. The van der Waals surface area contributed by atoms with Crippen LogP contribution >= 0.6 is 0 Å². The molecule has 0 fully saturated rings. The van der Waals surface area contributed by atoms with Gasteiger partial charge in [0, 0.05) is 13.3 Å². The average molecular weight is 248 g/mol. The van der Waals surface area contributed by atoms with Crippen LogP contribution in [-0.2, 0) is 4.74 Å². The summed E-state index contributed by atoms with van der Waals surface area (Å²) in [6.45, 7) is 4.07. The van der Waals surface area contributed by atoms with Crippen molar-refractivity contribution in [3.05, 3.63) is 24.2 Å². The third-order valence-corrected chi connectivity index (χ3v) is 2.59. The molecule has 18 heavy (non-hydrogen) atoms. The van der Waals surface area contributed by atoms with E-state index in [9.17, 15) is 0 Å². The molecule has 96 valence electrons. The lowest BCUT2D eigenvalue weighted by Crippen LogP contribution is -2.10. The van der Waals surface area contributed by atoms with E-state index in [2.05, 4.69) is 15.1 Å². The number of methoxy groups -OCH3 is 1. The highest BCUT2D eigenvalue weighted by Crippen LogP contribution is 2.25. The predicted molar refractivity (Wildman–Crippen MR) is 66.5 cm³/mol. The topological polar surface area (TPSA) is 87.1 Å². The number of aromatic nitrogens is 3. The summed E-state index contributed by atoms with van der Waals surface area (Å²) in [5.74, 6) is 1.68. The van der Waals surface area contributed by atoms with E-state index in [4.69, 9.17) is 15.0 Å². The highest BCUT2D eigenvalue weighted by Gasteiger charge is 2.21. The summed E-state index contributed by atoms with van der Waals surface area (Å²) in [7, 11) is 1.63. The molecule has 0 saturated heterocycles. The van der Waals surface area contributed by atoms with Crippen molar-refractivity contribution in [2.75, 3.05) is 12.8 Å². The molecule has 0 radical (unpaired) electrons. The summed E-state index contributed by atoms with van der Waals surface area (Å²) in [6, 6.07) is 3.48. The maximum Gasteiger partial charge on any atom is 0.259 e. The van der Waals surface area contributed by atoms with Gasteiger partial charge in [-0.25, -0.2) is 4.98 Å². The second-order valence-corrected chi connectivity index (χ2v) is 4.33. The van der Waals surface area contributed by atoms with Crippen LogP contribution in [-0.4, -0.2) is 22.2 Å². The molecule has 2 heterocycles. The first-order valence-electron chi connectivity index (χ1n) is 5.70. The maximum absolute atomic E-state index is 5.52. The molecule has 0 amide bonds. The number of nitrogens with zero attached hydrogens (tertiary/aromatic N) is 3. The van der Waals surface area contributed by atoms with Crippen molar-refractivity contribution in [1.29, 1.82) is 0 Å². The molecule has 0 aliphatic rings. The van der Waals surface area contributed by atoms with Gasteiger partial charge in [0.1, 0.15) is 11.9 Å². The van der Waals surface area contributed by atoms with E-state index in [0.29, 0.717) is 17.5 Å². The summed E-state index contributed by atoms with van der Waals surface area (Å²) < 4.78 is 10.5. The fourth-order valence-corrected chi connectivity index (χ4v) is 1.68. The van der Waals surface area contributed by atoms with Gasteiger partial charge in [-0.3, -0.25) is 0 Å².